The third-order valence-electron chi connectivity index (χ3n) is 3.88. The molecule has 2 aromatic rings. The summed E-state index contributed by atoms with van der Waals surface area (Å²) in [6.07, 6.45) is 0.963. The lowest BCUT2D eigenvalue weighted by Gasteiger charge is -2.14. The Morgan fingerprint density at radius 3 is 2.75 bits per heavy atom. The van der Waals surface area contributed by atoms with E-state index in [9.17, 15) is 4.79 Å². The van der Waals surface area contributed by atoms with Gasteiger partial charge in [-0.3, -0.25) is 4.79 Å². The van der Waals surface area contributed by atoms with E-state index in [0.717, 1.165) is 12.0 Å². The van der Waals surface area contributed by atoms with Crippen LogP contribution < -0.4 is 5.32 Å². The zero-order valence-corrected chi connectivity index (χ0v) is 11.4. The number of carboxylic acids is 1. The first-order valence-electron chi connectivity index (χ1n) is 6.81. The minimum absolute atomic E-state index is 0.0154. The van der Waals surface area contributed by atoms with Gasteiger partial charge in [-0.15, -0.1) is 0 Å². The van der Waals surface area contributed by atoms with E-state index in [0.29, 0.717) is 0 Å². The van der Waals surface area contributed by atoms with Crippen LogP contribution in [0.3, 0.4) is 0 Å². The number of nitrogens with one attached hydrogen (secondary N) is 1. The van der Waals surface area contributed by atoms with Crippen molar-refractivity contribution in [2.45, 2.75) is 19.4 Å². The fraction of sp³-hybridized carbons (Fsp3) is 0.235. The molecule has 0 spiro atoms. The molecule has 3 rings (SSSR count). The Bertz CT molecular complexity index is 664. The maximum absolute atomic E-state index is 10.6. The van der Waals surface area contributed by atoms with Crippen molar-refractivity contribution in [2.24, 2.45) is 0 Å². The van der Waals surface area contributed by atoms with E-state index in [1.165, 1.54) is 22.3 Å². The number of fused-ring (bicyclic) bond motifs is 3. The molecular formula is C17H17NO2. The summed E-state index contributed by atoms with van der Waals surface area (Å²) in [7, 11) is 0. The molecule has 3 heteroatoms. The van der Waals surface area contributed by atoms with Crippen LogP contribution in [-0.2, 0) is 11.2 Å². The second kappa shape index (κ2) is 5.10. The van der Waals surface area contributed by atoms with Crippen molar-refractivity contribution >= 4 is 5.97 Å². The van der Waals surface area contributed by atoms with Gasteiger partial charge < -0.3 is 10.4 Å². The molecule has 0 fully saturated rings. The Morgan fingerprint density at radius 1 is 1.20 bits per heavy atom. The highest BCUT2D eigenvalue weighted by Gasteiger charge is 2.18. The lowest BCUT2D eigenvalue weighted by Crippen LogP contribution is -2.25. The van der Waals surface area contributed by atoms with Gasteiger partial charge in [-0.2, -0.15) is 0 Å². The Hall–Kier alpha value is -2.13. The minimum atomic E-state index is -0.828. The van der Waals surface area contributed by atoms with Crippen LogP contribution in [0.1, 0.15) is 29.7 Å². The zero-order chi connectivity index (χ0) is 14.1. The molecule has 102 valence electrons. The lowest BCUT2D eigenvalue weighted by atomic mass is 10.0. The van der Waals surface area contributed by atoms with Gasteiger partial charge in [-0.05, 0) is 41.2 Å². The summed E-state index contributed by atoms with van der Waals surface area (Å²) in [6, 6.07) is 14.9. The molecule has 1 aliphatic rings. The van der Waals surface area contributed by atoms with E-state index in [2.05, 4.69) is 47.8 Å². The van der Waals surface area contributed by atoms with Crippen molar-refractivity contribution < 1.29 is 9.90 Å². The third-order valence-corrected chi connectivity index (χ3v) is 3.88. The van der Waals surface area contributed by atoms with Crippen molar-refractivity contribution in [3.05, 3.63) is 59.2 Å². The first-order valence-corrected chi connectivity index (χ1v) is 6.81. The fourth-order valence-electron chi connectivity index (χ4n) is 2.79. The van der Waals surface area contributed by atoms with Crippen molar-refractivity contribution in [3.63, 3.8) is 0 Å². The lowest BCUT2D eigenvalue weighted by molar-refractivity contribution is -0.136. The largest absolute Gasteiger partial charge is 0.480 e. The molecule has 1 atom stereocenters. The molecular weight excluding hydrogens is 250 g/mol. The fourth-order valence-corrected chi connectivity index (χ4v) is 2.79. The molecule has 0 bridgehead atoms. The number of benzene rings is 2. The van der Waals surface area contributed by atoms with Gasteiger partial charge in [0.1, 0.15) is 0 Å². The molecule has 3 nitrogen and oxygen atoms in total. The molecule has 0 saturated carbocycles. The number of carboxylic acid groups (broad SMARTS) is 1. The van der Waals surface area contributed by atoms with Crippen molar-refractivity contribution in [2.75, 3.05) is 6.54 Å². The average molecular weight is 267 g/mol. The summed E-state index contributed by atoms with van der Waals surface area (Å²) in [5.74, 6) is -0.828. The first-order chi connectivity index (χ1) is 9.65. The van der Waals surface area contributed by atoms with E-state index in [1.807, 2.05) is 6.92 Å². The van der Waals surface area contributed by atoms with Crippen molar-refractivity contribution in [1.82, 2.24) is 5.32 Å². The normalized spacial score (nSPS) is 13.7. The molecule has 0 heterocycles. The number of aliphatic carboxylic acids is 1. The molecule has 1 unspecified atom stereocenters. The second-order valence-electron chi connectivity index (χ2n) is 5.25. The summed E-state index contributed by atoms with van der Waals surface area (Å²) < 4.78 is 0. The van der Waals surface area contributed by atoms with Gasteiger partial charge in [0, 0.05) is 6.04 Å². The van der Waals surface area contributed by atoms with Gasteiger partial charge in [0.25, 0.3) is 0 Å². The van der Waals surface area contributed by atoms with Crippen LogP contribution in [0.15, 0.2) is 42.5 Å². The Kier molecular flexibility index (Phi) is 3.28. The van der Waals surface area contributed by atoms with E-state index in [4.69, 9.17) is 5.11 Å². The molecule has 0 amide bonds. The van der Waals surface area contributed by atoms with Gasteiger partial charge in [-0.1, -0.05) is 42.5 Å². The average Bonchev–Trinajstić information content (AvgIpc) is 2.82. The van der Waals surface area contributed by atoms with Crippen LogP contribution >= 0.6 is 0 Å². The van der Waals surface area contributed by atoms with E-state index >= 15 is 0 Å². The SMILES string of the molecule is CC(NCC(=O)O)c1ccc2c(c1)Cc1ccccc1-2. The molecule has 0 aromatic heterocycles. The Morgan fingerprint density at radius 2 is 1.95 bits per heavy atom. The highest BCUT2D eigenvalue weighted by atomic mass is 16.4. The van der Waals surface area contributed by atoms with Crippen LogP contribution in [0, 0.1) is 0 Å². The molecule has 1 aliphatic carbocycles. The molecule has 2 aromatic carbocycles. The van der Waals surface area contributed by atoms with Crippen LogP contribution in [0.4, 0.5) is 0 Å². The number of rotatable bonds is 4. The highest BCUT2D eigenvalue weighted by molar-refractivity contribution is 5.77. The quantitative estimate of drug-likeness (QED) is 0.764. The van der Waals surface area contributed by atoms with Gasteiger partial charge in [0.2, 0.25) is 0 Å². The van der Waals surface area contributed by atoms with E-state index in [1.54, 1.807) is 0 Å². The maximum Gasteiger partial charge on any atom is 0.317 e. The summed E-state index contributed by atoms with van der Waals surface area (Å²) in [4.78, 5) is 10.6. The van der Waals surface area contributed by atoms with Gasteiger partial charge in [0.15, 0.2) is 0 Å². The zero-order valence-electron chi connectivity index (χ0n) is 11.4. The number of carbonyl (C=O) groups is 1. The highest BCUT2D eigenvalue weighted by Crippen LogP contribution is 2.37. The standard InChI is InChI=1S/C17H17NO2/c1-11(18-10-17(19)20)12-6-7-16-14(8-12)9-13-4-2-3-5-15(13)16/h2-8,11,18H,9-10H2,1H3,(H,19,20). The van der Waals surface area contributed by atoms with E-state index in [-0.39, 0.29) is 12.6 Å². The third kappa shape index (κ3) is 2.32. The summed E-state index contributed by atoms with van der Waals surface area (Å²) in [5.41, 5.74) is 6.45. The van der Waals surface area contributed by atoms with Gasteiger partial charge >= 0.3 is 5.97 Å². The van der Waals surface area contributed by atoms with Crippen LogP contribution in [0.25, 0.3) is 11.1 Å². The van der Waals surface area contributed by atoms with Crippen LogP contribution in [0.5, 0.6) is 0 Å². The van der Waals surface area contributed by atoms with Gasteiger partial charge in [0.05, 0.1) is 6.54 Å². The summed E-state index contributed by atoms with van der Waals surface area (Å²) in [6.45, 7) is 1.98. The minimum Gasteiger partial charge on any atom is -0.480 e. The van der Waals surface area contributed by atoms with Crippen LogP contribution in [-0.4, -0.2) is 17.6 Å². The summed E-state index contributed by atoms with van der Waals surface area (Å²) >= 11 is 0. The number of hydrogen-bond acceptors (Lipinski definition) is 2. The Balaban J connectivity index is 1.85. The molecule has 2 N–H and O–H groups in total. The van der Waals surface area contributed by atoms with E-state index < -0.39 is 5.97 Å². The van der Waals surface area contributed by atoms with Crippen LogP contribution in [0.2, 0.25) is 0 Å². The topological polar surface area (TPSA) is 49.3 Å². The molecule has 0 radical (unpaired) electrons. The van der Waals surface area contributed by atoms with Gasteiger partial charge in [-0.25, -0.2) is 0 Å². The molecule has 0 aliphatic heterocycles. The molecule has 20 heavy (non-hydrogen) atoms. The summed E-state index contributed by atoms with van der Waals surface area (Å²) in [5, 5.41) is 11.7. The van der Waals surface area contributed by atoms with Crippen molar-refractivity contribution in [3.8, 4) is 11.1 Å². The first kappa shape index (κ1) is 12.9. The monoisotopic (exact) mass is 267 g/mol. The Labute approximate surface area is 118 Å². The number of hydrogen-bond donors (Lipinski definition) is 2. The predicted molar refractivity (Wildman–Crippen MR) is 78.7 cm³/mol. The second-order valence-corrected chi connectivity index (χ2v) is 5.25. The smallest absolute Gasteiger partial charge is 0.317 e. The van der Waals surface area contributed by atoms with Crippen molar-refractivity contribution in [1.29, 1.82) is 0 Å². The predicted octanol–water partition coefficient (Wildman–Crippen LogP) is 2.99. The maximum atomic E-state index is 10.6. The molecule has 0 saturated heterocycles.